The maximum atomic E-state index is 12.6. The zero-order chi connectivity index (χ0) is 17.1. The van der Waals surface area contributed by atoms with Gasteiger partial charge in [0.1, 0.15) is 5.82 Å². The SMILES string of the molecule is COc1cc(N2CCN(c3nc(SC)ncc3Br)CC2=O)ccn1. The highest BCUT2D eigenvalue weighted by Gasteiger charge is 2.27. The molecule has 3 heterocycles. The first kappa shape index (κ1) is 17.0. The first-order valence-corrected chi connectivity index (χ1v) is 9.26. The molecule has 1 saturated heterocycles. The van der Waals surface area contributed by atoms with Crippen LogP contribution in [0.2, 0.25) is 0 Å². The number of piperazine rings is 1. The van der Waals surface area contributed by atoms with Gasteiger partial charge < -0.3 is 14.5 Å². The van der Waals surface area contributed by atoms with Crippen molar-refractivity contribution in [1.82, 2.24) is 15.0 Å². The van der Waals surface area contributed by atoms with E-state index in [9.17, 15) is 4.79 Å². The second-order valence-corrected chi connectivity index (χ2v) is 6.68. The van der Waals surface area contributed by atoms with E-state index in [-0.39, 0.29) is 12.5 Å². The fourth-order valence-electron chi connectivity index (χ4n) is 2.47. The lowest BCUT2D eigenvalue weighted by Gasteiger charge is -2.35. The minimum atomic E-state index is 0.00529. The first-order chi connectivity index (χ1) is 11.6. The van der Waals surface area contributed by atoms with Crippen molar-refractivity contribution in [2.24, 2.45) is 0 Å². The number of pyridine rings is 1. The summed E-state index contributed by atoms with van der Waals surface area (Å²) < 4.78 is 5.91. The number of carbonyl (C=O) groups excluding carboxylic acids is 1. The Hall–Kier alpha value is -1.87. The Kier molecular flexibility index (Phi) is 5.20. The number of hydrogen-bond acceptors (Lipinski definition) is 7. The molecule has 2 aromatic rings. The normalized spacial score (nSPS) is 14.9. The van der Waals surface area contributed by atoms with E-state index in [0.717, 1.165) is 16.0 Å². The summed E-state index contributed by atoms with van der Waals surface area (Å²) >= 11 is 4.94. The number of nitrogens with zero attached hydrogens (tertiary/aromatic N) is 5. The second kappa shape index (κ2) is 7.35. The smallest absolute Gasteiger partial charge is 0.246 e. The lowest BCUT2D eigenvalue weighted by atomic mass is 10.2. The average molecular weight is 410 g/mol. The molecule has 0 aliphatic carbocycles. The third-order valence-electron chi connectivity index (χ3n) is 3.65. The third kappa shape index (κ3) is 3.46. The van der Waals surface area contributed by atoms with Gasteiger partial charge in [-0.05, 0) is 28.3 Å². The Balaban J connectivity index is 1.79. The molecule has 0 aromatic carbocycles. The van der Waals surface area contributed by atoms with Crippen LogP contribution in [-0.2, 0) is 4.79 Å². The largest absolute Gasteiger partial charge is 0.481 e. The molecule has 9 heteroatoms. The Morgan fingerprint density at radius 3 is 2.88 bits per heavy atom. The summed E-state index contributed by atoms with van der Waals surface area (Å²) in [5.74, 6) is 1.24. The van der Waals surface area contributed by atoms with Gasteiger partial charge in [-0.2, -0.15) is 0 Å². The zero-order valence-corrected chi connectivity index (χ0v) is 15.7. The molecular weight excluding hydrogens is 394 g/mol. The standard InChI is InChI=1S/C15H16BrN5O2S/c1-23-12-7-10(3-4-17-12)21-6-5-20(9-13(21)22)14-11(16)8-18-15(19-14)24-2/h3-4,7-8H,5-6,9H2,1-2H3. The Morgan fingerprint density at radius 1 is 1.33 bits per heavy atom. The molecule has 7 nitrogen and oxygen atoms in total. The van der Waals surface area contributed by atoms with Gasteiger partial charge >= 0.3 is 0 Å². The quantitative estimate of drug-likeness (QED) is 0.566. The summed E-state index contributed by atoms with van der Waals surface area (Å²) in [5.41, 5.74) is 0.790. The lowest BCUT2D eigenvalue weighted by molar-refractivity contribution is -0.117. The van der Waals surface area contributed by atoms with Crippen molar-refractivity contribution in [3.05, 3.63) is 29.0 Å². The first-order valence-electron chi connectivity index (χ1n) is 7.24. The second-order valence-electron chi connectivity index (χ2n) is 5.05. The van der Waals surface area contributed by atoms with Crippen molar-refractivity contribution in [2.45, 2.75) is 5.16 Å². The molecule has 0 saturated carbocycles. The monoisotopic (exact) mass is 409 g/mol. The van der Waals surface area contributed by atoms with Crippen LogP contribution in [0, 0.1) is 0 Å². The van der Waals surface area contributed by atoms with Gasteiger partial charge in [0.25, 0.3) is 0 Å². The predicted octanol–water partition coefficient (Wildman–Crippen LogP) is 2.22. The predicted molar refractivity (Wildman–Crippen MR) is 96.9 cm³/mol. The number of anilines is 2. The van der Waals surface area contributed by atoms with Gasteiger partial charge in [0.05, 0.1) is 23.8 Å². The number of thioether (sulfide) groups is 1. The summed E-state index contributed by atoms with van der Waals surface area (Å²) in [6.45, 7) is 1.50. The van der Waals surface area contributed by atoms with Crippen LogP contribution in [0.5, 0.6) is 5.88 Å². The minimum absolute atomic E-state index is 0.00529. The molecule has 0 spiro atoms. The number of aromatic nitrogens is 3. The van der Waals surface area contributed by atoms with Crippen molar-refractivity contribution in [3.63, 3.8) is 0 Å². The molecule has 3 rings (SSSR count). The molecule has 2 aromatic heterocycles. The Bertz CT molecular complexity index is 760. The van der Waals surface area contributed by atoms with Gasteiger partial charge in [0.15, 0.2) is 5.16 Å². The van der Waals surface area contributed by atoms with E-state index < -0.39 is 0 Å². The van der Waals surface area contributed by atoms with Crippen LogP contribution in [0.4, 0.5) is 11.5 Å². The molecule has 24 heavy (non-hydrogen) atoms. The molecule has 0 N–H and O–H groups in total. The van der Waals surface area contributed by atoms with E-state index >= 15 is 0 Å². The number of ether oxygens (including phenoxy) is 1. The number of carbonyl (C=O) groups is 1. The zero-order valence-electron chi connectivity index (χ0n) is 13.3. The third-order valence-corrected chi connectivity index (χ3v) is 4.77. The molecule has 1 aliphatic rings. The molecule has 126 valence electrons. The summed E-state index contributed by atoms with van der Waals surface area (Å²) in [5, 5.41) is 0.682. The van der Waals surface area contributed by atoms with E-state index in [1.165, 1.54) is 11.8 Å². The van der Waals surface area contributed by atoms with Crippen LogP contribution in [0.25, 0.3) is 0 Å². The van der Waals surface area contributed by atoms with Crippen molar-refractivity contribution in [3.8, 4) is 5.88 Å². The highest BCUT2D eigenvalue weighted by atomic mass is 79.9. The summed E-state index contributed by atoms with van der Waals surface area (Å²) in [6, 6.07) is 3.57. The van der Waals surface area contributed by atoms with Gasteiger partial charge in [-0.15, -0.1) is 0 Å². The molecule has 1 fully saturated rings. The number of hydrogen-bond donors (Lipinski definition) is 0. The summed E-state index contributed by atoms with van der Waals surface area (Å²) in [7, 11) is 1.56. The maximum absolute atomic E-state index is 12.6. The molecule has 0 bridgehead atoms. The fourth-order valence-corrected chi connectivity index (χ4v) is 3.25. The number of rotatable bonds is 4. The van der Waals surface area contributed by atoms with Crippen LogP contribution in [0.1, 0.15) is 0 Å². The fraction of sp³-hybridized carbons (Fsp3) is 0.333. The minimum Gasteiger partial charge on any atom is -0.481 e. The van der Waals surface area contributed by atoms with Gasteiger partial charge in [0, 0.05) is 31.5 Å². The van der Waals surface area contributed by atoms with Gasteiger partial charge in [-0.25, -0.2) is 15.0 Å². The lowest BCUT2D eigenvalue weighted by Crippen LogP contribution is -2.51. The van der Waals surface area contributed by atoms with Crippen LogP contribution >= 0.6 is 27.7 Å². The van der Waals surface area contributed by atoms with E-state index in [1.54, 1.807) is 30.5 Å². The van der Waals surface area contributed by atoms with E-state index in [2.05, 4.69) is 30.9 Å². The summed E-state index contributed by atoms with van der Waals surface area (Å²) in [6.07, 6.45) is 5.28. The van der Waals surface area contributed by atoms with E-state index in [1.807, 2.05) is 17.2 Å². The molecular formula is C15H16BrN5O2S. The van der Waals surface area contributed by atoms with Crippen molar-refractivity contribution in [1.29, 1.82) is 0 Å². The molecule has 0 radical (unpaired) electrons. The highest BCUT2D eigenvalue weighted by Crippen LogP contribution is 2.28. The van der Waals surface area contributed by atoms with Crippen molar-refractivity contribution >= 4 is 45.1 Å². The van der Waals surface area contributed by atoms with Crippen molar-refractivity contribution in [2.75, 3.05) is 42.8 Å². The highest BCUT2D eigenvalue weighted by molar-refractivity contribution is 9.10. The molecule has 0 unspecified atom stereocenters. The number of amides is 1. The van der Waals surface area contributed by atoms with Crippen LogP contribution in [0.15, 0.2) is 34.2 Å². The number of halogens is 1. The molecule has 1 aliphatic heterocycles. The molecule has 1 amide bonds. The van der Waals surface area contributed by atoms with E-state index in [0.29, 0.717) is 24.1 Å². The summed E-state index contributed by atoms with van der Waals surface area (Å²) in [4.78, 5) is 29.1. The van der Waals surface area contributed by atoms with Gasteiger partial charge in [-0.1, -0.05) is 11.8 Å². The maximum Gasteiger partial charge on any atom is 0.246 e. The van der Waals surface area contributed by atoms with Crippen LogP contribution in [0.3, 0.4) is 0 Å². The van der Waals surface area contributed by atoms with Gasteiger partial charge in [0.2, 0.25) is 11.8 Å². The topological polar surface area (TPSA) is 71.5 Å². The van der Waals surface area contributed by atoms with Gasteiger partial charge in [-0.3, -0.25) is 4.79 Å². The Labute approximate surface area is 152 Å². The van der Waals surface area contributed by atoms with Crippen molar-refractivity contribution < 1.29 is 9.53 Å². The Morgan fingerprint density at radius 2 is 2.17 bits per heavy atom. The number of methoxy groups -OCH3 is 1. The molecule has 0 atom stereocenters. The average Bonchev–Trinajstić information content (AvgIpc) is 2.62. The van der Waals surface area contributed by atoms with Crippen LogP contribution in [-0.4, -0.2) is 53.9 Å². The van der Waals surface area contributed by atoms with E-state index in [4.69, 9.17) is 4.74 Å². The van der Waals surface area contributed by atoms with Crippen LogP contribution < -0.4 is 14.5 Å².